The molecule has 1 atom stereocenters. The average Bonchev–Trinajstić information content (AvgIpc) is 2.22. The second-order valence-corrected chi connectivity index (χ2v) is 4.77. The lowest BCUT2D eigenvalue weighted by atomic mass is 10.0. The third-order valence-corrected chi connectivity index (χ3v) is 2.57. The maximum Gasteiger partial charge on any atom is 0.182 e. The number of rotatable bonds is 5. The molecule has 0 fully saturated rings. The van der Waals surface area contributed by atoms with Crippen molar-refractivity contribution in [1.29, 1.82) is 0 Å². The van der Waals surface area contributed by atoms with E-state index in [1.165, 1.54) is 0 Å². The van der Waals surface area contributed by atoms with Gasteiger partial charge in [0.25, 0.3) is 0 Å². The fourth-order valence-corrected chi connectivity index (χ4v) is 1.58. The van der Waals surface area contributed by atoms with Gasteiger partial charge in [0.1, 0.15) is 5.82 Å². The third-order valence-electron chi connectivity index (χ3n) is 2.57. The molecule has 1 unspecified atom stereocenters. The molecule has 0 amide bonds. The Labute approximate surface area is 100 Å². The monoisotopic (exact) mass is 245 g/mol. The molecular weight excluding hydrogens is 227 g/mol. The van der Waals surface area contributed by atoms with Gasteiger partial charge >= 0.3 is 0 Å². The summed E-state index contributed by atoms with van der Waals surface area (Å²) in [6.45, 7) is 6.05. The number of hydrogen-bond donors (Lipinski definition) is 1. The second-order valence-electron chi connectivity index (χ2n) is 4.77. The minimum absolute atomic E-state index is 0.0203. The van der Waals surface area contributed by atoms with E-state index >= 15 is 0 Å². The van der Waals surface area contributed by atoms with Gasteiger partial charge in [-0.25, -0.2) is 13.2 Å². The van der Waals surface area contributed by atoms with Crippen molar-refractivity contribution in [3.63, 3.8) is 0 Å². The van der Waals surface area contributed by atoms with Crippen molar-refractivity contribution in [3.8, 4) is 0 Å². The molecule has 0 bridgehead atoms. The standard InChI is InChI=1S/C13H18F3N/c1-8(2)4-5-9(3)17-12-7-10(14)6-11(15)13(12)16/h6-9,17H,4-5H2,1-3H3. The lowest BCUT2D eigenvalue weighted by molar-refractivity contribution is 0.492. The van der Waals surface area contributed by atoms with Gasteiger partial charge in [0.05, 0.1) is 5.69 Å². The van der Waals surface area contributed by atoms with Crippen LogP contribution in [0.25, 0.3) is 0 Å². The molecule has 0 aliphatic heterocycles. The molecule has 0 spiro atoms. The normalized spacial score (nSPS) is 12.9. The van der Waals surface area contributed by atoms with Gasteiger partial charge in [0.2, 0.25) is 0 Å². The number of nitrogens with one attached hydrogen (secondary N) is 1. The highest BCUT2D eigenvalue weighted by Gasteiger charge is 2.13. The van der Waals surface area contributed by atoms with E-state index in [-0.39, 0.29) is 11.7 Å². The molecule has 0 aliphatic carbocycles. The van der Waals surface area contributed by atoms with Gasteiger partial charge in [-0.3, -0.25) is 0 Å². The van der Waals surface area contributed by atoms with Crippen molar-refractivity contribution in [2.75, 3.05) is 5.32 Å². The Morgan fingerprint density at radius 1 is 1.06 bits per heavy atom. The zero-order valence-corrected chi connectivity index (χ0v) is 10.4. The fourth-order valence-electron chi connectivity index (χ4n) is 1.58. The molecule has 0 saturated carbocycles. The Morgan fingerprint density at radius 3 is 2.29 bits per heavy atom. The quantitative estimate of drug-likeness (QED) is 0.761. The van der Waals surface area contributed by atoms with Gasteiger partial charge in [-0.05, 0) is 25.7 Å². The van der Waals surface area contributed by atoms with E-state index in [1.807, 2.05) is 6.92 Å². The first-order valence-corrected chi connectivity index (χ1v) is 5.81. The number of benzene rings is 1. The van der Waals surface area contributed by atoms with Gasteiger partial charge in [0, 0.05) is 18.2 Å². The molecule has 0 aliphatic rings. The maximum atomic E-state index is 13.3. The second kappa shape index (κ2) is 5.94. The first-order valence-electron chi connectivity index (χ1n) is 5.81. The summed E-state index contributed by atoms with van der Waals surface area (Å²) in [5.41, 5.74) is -0.112. The summed E-state index contributed by atoms with van der Waals surface area (Å²) in [6.07, 6.45) is 1.81. The summed E-state index contributed by atoms with van der Waals surface area (Å²) in [5.74, 6) is -2.41. The van der Waals surface area contributed by atoms with Crippen molar-refractivity contribution in [3.05, 3.63) is 29.6 Å². The zero-order valence-electron chi connectivity index (χ0n) is 10.4. The van der Waals surface area contributed by atoms with Crippen molar-refractivity contribution >= 4 is 5.69 Å². The van der Waals surface area contributed by atoms with Crippen LogP contribution < -0.4 is 5.32 Å². The van der Waals surface area contributed by atoms with Crippen LogP contribution in [0.4, 0.5) is 18.9 Å². The first-order chi connectivity index (χ1) is 7.90. The van der Waals surface area contributed by atoms with E-state index in [1.54, 1.807) is 0 Å². The van der Waals surface area contributed by atoms with E-state index in [9.17, 15) is 13.2 Å². The predicted octanol–water partition coefficient (Wildman–Crippen LogP) is 4.34. The average molecular weight is 245 g/mol. The lowest BCUT2D eigenvalue weighted by Gasteiger charge is -2.17. The van der Waals surface area contributed by atoms with E-state index in [0.717, 1.165) is 18.9 Å². The third kappa shape index (κ3) is 4.29. The summed E-state index contributed by atoms with van der Waals surface area (Å²) < 4.78 is 39.2. The Hall–Kier alpha value is -1.19. The van der Waals surface area contributed by atoms with Gasteiger partial charge in [0.15, 0.2) is 11.6 Å². The largest absolute Gasteiger partial charge is 0.380 e. The molecule has 0 aromatic heterocycles. The highest BCUT2D eigenvalue weighted by atomic mass is 19.2. The SMILES string of the molecule is CC(C)CCC(C)Nc1cc(F)cc(F)c1F. The minimum Gasteiger partial charge on any atom is -0.380 e. The lowest BCUT2D eigenvalue weighted by Crippen LogP contribution is -2.17. The van der Waals surface area contributed by atoms with Crippen molar-refractivity contribution in [2.45, 2.75) is 39.7 Å². The van der Waals surface area contributed by atoms with Crippen molar-refractivity contribution in [2.24, 2.45) is 5.92 Å². The topological polar surface area (TPSA) is 12.0 Å². The van der Waals surface area contributed by atoms with E-state index in [4.69, 9.17) is 0 Å². The smallest absolute Gasteiger partial charge is 0.182 e. The number of halogens is 3. The van der Waals surface area contributed by atoms with Crippen LogP contribution in [0.3, 0.4) is 0 Å². The van der Waals surface area contributed by atoms with Crippen LogP contribution in [0.1, 0.15) is 33.6 Å². The fraction of sp³-hybridized carbons (Fsp3) is 0.538. The highest BCUT2D eigenvalue weighted by molar-refractivity contribution is 5.46. The minimum atomic E-state index is -1.16. The van der Waals surface area contributed by atoms with Crippen LogP contribution in [-0.2, 0) is 0 Å². The maximum absolute atomic E-state index is 13.3. The Kier molecular flexibility index (Phi) is 4.85. The molecule has 1 nitrogen and oxygen atoms in total. The van der Waals surface area contributed by atoms with E-state index in [2.05, 4.69) is 19.2 Å². The molecule has 0 saturated heterocycles. The molecule has 1 aromatic rings. The number of anilines is 1. The van der Waals surface area contributed by atoms with E-state index < -0.39 is 17.5 Å². The van der Waals surface area contributed by atoms with Crippen molar-refractivity contribution in [1.82, 2.24) is 0 Å². The van der Waals surface area contributed by atoms with Crippen LogP contribution in [0, 0.1) is 23.4 Å². The van der Waals surface area contributed by atoms with Crippen LogP contribution in [0.5, 0.6) is 0 Å². The van der Waals surface area contributed by atoms with Crippen molar-refractivity contribution < 1.29 is 13.2 Å². The van der Waals surface area contributed by atoms with Crippen LogP contribution in [-0.4, -0.2) is 6.04 Å². The van der Waals surface area contributed by atoms with Crippen LogP contribution >= 0.6 is 0 Å². The molecule has 96 valence electrons. The summed E-state index contributed by atoms with van der Waals surface area (Å²) in [4.78, 5) is 0. The Balaban J connectivity index is 2.68. The summed E-state index contributed by atoms with van der Waals surface area (Å²) >= 11 is 0. The van der Waals surface area contributed by atoms with Gasteiger partial charge in [-0.15, -0.1) is 0 Å². The Bertz CT molecular complexity index is 377. The summed E-state index contributed by atoms with van der Waals surface area (Å²) in [6, 6.07) is 1.50. The zero-order chi connectivity index (χ0) is 13.0. The molecule has 1 aromatic carbocycles. The first kappa shape index (κ1) is 13.9. The van der Waals surface area contributed by atoms with Gasteiger partial charge < -0.3 is 5.32 Å². The molecule has 4 heteroatoms. The predicted molar refractivity (Wildman–Crippen MR) is 63.5 cm³/mol. The molecular formula is C13H18F3N. The molecule has 17 heavy (non-hydrogen) atoms. The van der Waals surface area contributed by atoms with Crippen LogP contribution in [0.2, 0.25) is 0 Å². The highest BCUT2D eigenvalue weighted by Crippen LogP contribution is 2.21. The Morgan fingerprint density at radius 2 is 1.71 bits per heavy atom. The summed E-state index contributed by atoms with van der Waals surface area (Å²) in [5, 5.41) is 2.79. The molecule has 1 rings (SSSR count). The molecule has 1 N–H and O–H groups in total. The molecule has 0 radical (unpaired) electrons. The number of hydrogen-bond acceptors (Lipinski definition) is 1. The van der Waals surface area contributed by atoms with E-state index in [0.29, 0.717) is 12.0 Å². The van der Waals surface area contributed by atoms with Gasteiger partial charge in [-0.2, -0.15) is 0 Å². The molecule has 0 heterocycles. The van der Waals surface area contributed by atoms with Crippen LogP contribution in [0.15, 0.2) is 12.1 Å². The van der Waals surface area contributed by atoms with Gasteiger partial charge in [-0.1, -0.05) is 13.8 Å². The summed E-state index contributed by atoms with van der Waals surface area (Å²) in [7, 11) is 0.